The molecule has 6 nitrogen and oxygen atoms in total. The van der Waals surface area contributed by atoms with E-state index in [9.17, 15) is 14.7 Å². The summed E-state index contributed by atoms with van der Waals surface area (Å²) in [6.45, 7) is 0.296. The highest BCUT2D eigenvalue weighted by atomic mass is 16.5. The number of benzene rings is 2. The molecule has 2 aliphatic rings. The van der Waals surface area contributed by atoms with Crippen molar-refractivity contribution in [1.82, 2.24) is 10.6 Å². The van der Waals surface area contributed by atoms with E-state index in [4.69, 9.17) is 4.74 Å². The van der Waals surface area contributed by atoms with Gasteiger partial charge in [0.2, 0.25) is 11.8 Å². The second-order valence-corrected chi connectivity index (χ2v) is 8.92. The fourth-order valence-corrected chi connectivity index (χ4v) is 4.22. The van der Waals surface area contributed by atoms with Crippen LogP contribution in [0.4, 0.5) is 0 Å². The minimum atomic E-state index is -0.463. The average molecular weight is 437 g/mol. The van der Waals surface area contributed by atoms with Gasteiger partial charge in [0.15, 0.2) is 0 Å². The second kappa shape index (κ2) is 10.7. The lowest BCUT2D eigenvalue weighted by atomic mass is 9.96. The van der Waals surface area contributed by atoms with E-state index < -0.39 is 6.10 Å². The molecule has 0 spiro atoms. The molecule has 2 aromatic rings. The van der Waals surface area contributed by atoms with Crippen molar-refractivity contribution in [2.24, 2.45) is 5.92 Å². The SMILES string of the molecule is O=C(C[C@@H]1CC[C@@H](NC(=O)CC2CC2)[C@@H](CO)O1)NCc1ccc(-c2ccccc2)cc1. The summed E-state index contributed by atoms with van der Waals surface area (Å²) in [6.07, 6.45) is 3.76. The van der Waals surface area contributed by atoms with Crippen LogP contribution in [0, 0.1) is 5.92 Å². The predicted octanol–water partition coefficient (Wildman–Crippen LogP) is 3.18. The molecule has 0 unspecified atom stereocenters. The topological polar surface area (TPSA) is 87.7 Å². The zero-order valence-electron chi connectivity index (χ0n) is 18.3. The number of carbonyl (C=O) groups is 2. The fraction of sp³-hybridized carbons (Fsp3) is 0.462. The third-order valence-corrected chi connectivity index (χ3v) is 6.28. The maximum atomic E-state index is 12.4. The molecule has 0 aromatic heterocycles. The first-order valence-electron chi connectivity index (χ1n) is 11.6. The van der Waals surface area contributed by atoms with Crippen LogP contribution in [0.5, 0.6) is 0 Å². The molecule has 1 saturated carbocycles. The summed E-state index contributed by atoms with van der Waals surface area (Å²) in [6, 6.07) is 18.2. The zero-order valence-corrected chi connectivity index (χ0v) is 18.3. The summed E-state index contributed by atoms with van der Waals surface area (Å²) in [5.74, 6) is 0.488. The Kier molecular flexibility index (Phi) is 7.55. The predicted molar refractivity (Wildman–Crippen MR) is 123 cm³/mol. The van der Waals surface area contributed by atoms with E-state index in [-0.39, 0.29) is 37.0 Å². The number of aliphatic hydroxyl groups is 1. The lowest BCUT2D eigenvalue weighted by molar-refractivity contribution is -0.136. The Morgan fingerprint density at radius 3 is 2.28 bits per heavy atom. The van der Waals surface area contributed by atoms with Gasteiger partial charge < -0.3 is 20.5 Å². The Labute approximate surface area is 189 Å². The van der Waals surface area contributed by atoms with Gasteiger partial charge >= 0.3 is 0 Å². The standard InChI is InChI=1S/C26H32N2O4/c29-17-24-23(28-26(31)14-18-6-7-18)13-12-22(32-24)15-25(30)27-16-19-8-10-21(11-9-19)20-4-2-1-3-5-20/h1-5,8-11,18,22-24,29H,6-7,12-17H2,(H,27,30)(H,28,31)/t22-,23+,24+/m0/s1. The van der Waals surface area contributed by atoms with E-state index in [0.717, 1.165) is 29.5 Å². The van der Waals surface area contributed by atoms with Crippen molar-refractivity contribution in [2.45, 2.75) is 63.3 Å². The van der Waals surface area contributed by atoms with E-state index in [0.29, 0.717) is 31.7 Å². The van der Waals surface area contributed by atoms with Gasteiger partial charge in [0.25, 0.3) is 0 Å². The van der Waals surface area contributed by atoms with E-state index >= 15 is 0 Å². The van der Waals surface area contributed by atoms with Gasteiger partial charge in [-0.25, -0.2) is 0 Å². The molecule has 1 aliphatic carbocycles. The van der Waals surface area contributed by atoms with Crippen LogP contribution >= 0.6 is 0 Å². The van der Waals surface area contributed by atoms with E-state index in [2.05, 4.69) is 34.9 Å². The molecule has 2 amide bonds. The summed E-state index contributed by atoms with van der Waals surface area (Å²) >= 11 is 0. The van der Waals surface area contributed by atoms with Crippen molar-refractivity contribution < 1.29 is 19.4 Å². The highest BCUT2D eigenvalue weighted by Crippen LogP contribution is 2.32. The molecule has 32 heavy (non-hydrogen) atoms. The molecule has 6 heteroatoms. The molecule has 0 radical (unpaired) electrons. The highest BCUT2D eigenvalue weighted by Gasteiger charge is 2.34. The molecule has 170 valence electrons. The number of amides is 2. The van der Waals surface area contributed by atoms with Crippen LogP contribution < -0.4 is 10.6 Å². The van der Waals surface area contributed by atoms with Crippen LogP contribution in [-0.4, -0.2) is 41.8 Å². The molecule has 0 bridgehead atoms. The Hall–Kier alpha value is -2.70. The number of nitrogens with one attached hydrogen (secondary N) is 2. The lowest BCUT2D eigenvalue weighted by Crippen LogP contribution is -2.51. The maximum absolute atomic E-state index is 12.4. The van der Waals surface area contributed by atoms with Crippen molar-refractivity contribution in [3.05, 3.63) is 60.2 Å². The van der Waals surface area contributed by atoms with Gasteiger partial charge in [0.1, 0.15) is 6.10 Å². The van der Waals surface area contributed by atoms with Crippen molar-refractivity contribution in [2.75, 3.05) is 6.61 Å². The lowest BCUT2D eigenvalue weighted by Gasteiger charge is -2.36. The van der Waals surface area contributed by atoms with Crippen molar-refractivity contribution in [3.63, 3.8) is 0 Å². The first kappa shape index (κ1) is 22.5. The summed E-state index contributed by atoms with van der Waals surface area (Å²) in [5, 5.41) is 15.7. The van der Waals surface area contributed by atoms with Gasteiger partial charge in [0.05, 0.1) is 25.2 Å². The smallest absolute Gasteiger partial charge is 0.222 e. The van der Waals surface area contributed by atoms with Crippen LogP contribution in [-0.2, 0) is 20.9 Å². The van der Waals surface area contributed by atoms with Gasteiger partial charge in [0, 0.05) is 13.0 Å². The highest BCUT2D eigenvalue weighted by molar-refractivity contribution is 5.77. The van der Waals surface area contributed by atoms with Crippen molar-refractivity contribution in [3.8, 4) is 11.1 Å². The molecule has 2 aromatic carbocycles. The molecule has 3 atom stereocenters. The van der Waals surface area contributed by atoms with Gasteiger partial charge in [-0.15, -0.1) is 0 Å². The molecule has 1 aliphatic heterocycles. The zero-order chi connectivity index (χ0) is 22.3. The van der Waals surface area contributed by atoms with Crippen LogP contribution in [0.25, 0.3) is 11.1 Å². The second-order valence-electron chi connectivity index (χ2n) is 8.92. The molecule has 2 fully saturated rings. The Morgan fingerprint density at radius 1 is 0.875 bits per heavy atom. The summed E-state index contributed by atoms with van der Waals surface area (Å²) in [4.78, 5) is 24.5. The normalized spacial score (nSPS) is 22.8. The number of ether oxygens (including phenoxy) is 1. The van der Waals surface area contributed by atoms with Gasteiger partial charge in [-0.05, 0) is 48.3 Å². The number of rotatable bonds is 9. The first-order chi connectivity index (χ1) is 15.6. The quantitative estimate of drug-likeness (QED) is 0.563. The summed E-state index contributed by atoms with van der Waals surface area (Å²) < 4.78 is 5.93. The third kappa shape index (κ3) is 6.40. The van der Waals surface area contributed by atoms with E-state index in [1.165, 1.54) is 0 Å². The Morgan fingerprint density at radius 2 is 1.59 bits per heavy atom. The molecule has 1 heterocycles. The van der Waals surface area contributed by atoms with E-state index in [1.807, 2.05) is 30.3 Å². The Bertz CT molecular complexity index is 896. The first-order valence-corrected chi connectivity index (χ1v) is 11.6. The van der Waals surface area contributed by atoms with Crippen molar-refractivity contribution >= 4 is 11.8 Å². The fourth-order valence-electron chi connectivity index (χ4n) is 4.22. The monoisotopic (exact) mass is 436 g/mol. The van der Waals surface area contributed by atoms with Gasteiger partial charge in [-0.2, -0.15) is 0 Å². The molecule has 4 rings (SSSR count). The minimum Gasteiger partial charge on any atom is -0.394 e. The Balaban J connectivity index is 1.20. The van der Waals surface area contributed by atoms with Crippen LogP contribution in [0.2, 0.25) is 0 Å². The van der Waals surface area contributed by atoms with Crippen LogP contribution in [0.1, 0.15) is 44.1 Å². The maximum Gasteiger partial charge on any atom is 0.222 e. The third-order valence-electron chi connectivity index (χ3n) is 6.28. The summed E-state index contributed by atoms with van der Waals surface area (Å²) in [7, 11) is 0. The number of carbonyl (C=O) groups excluding carboxylic acids is 2. The van der Waals surface area contributed by atoms with Crippen LogP contribution in [0.15, 0.2) is 54.6 Å². The van der Waals surface area contributed by atoms with Gasteiger partial charge in [-0.1, -0.05) is 54.6 Å². The molecular weight excluding hydrogens is 404 g/mol. The van der Waals surface area contributed by atoms with Crippen LogP contribution in [0.3, 0.4) is 0 Å². The molecular formula is C26H32N2O4. The molecule has 1 saturated heterocycles. The summed E-state index contributed by atoms with van der Waals surface area (Å²) in [5.41, 5.74) is 3.34. The van der Waals surface area contributed by atoms with E-state index in [1.54, 1.807) is 0 Å². The number of aliphatic hydroxyl groups excluding tert-OH is 1. The minimum absolute atomic E-state index is 0.0361. The molecule has 3 N–H and O–H groups in total. The number of hydrogen-bond acceptors (Lipinski definition) is 4. The average Bonchev–Trinajstić information content (AvgIpc) is 3.63. The largest absolute Gasteiger partial charge is 0.394 e. The number of hydrogen-bond donors (Lipinski definition) is 3. The van der Waals surface area contributed by atoms with Crippen molar-refractivity contribution in [1.29, 1.82) is 0 Å². The van der Waals surface area contributed by atoms with Gasteiger partial charge in [-0.3, -0.25) is 9.59 Å².